The fourth-order valence-electron chi connectivity index (χ4n) is 3.67. The van der Waals surface area contributed by atoms with E-state index in [4.69, 9.17) is 0 Å². The van der Waals surface area contributed by atoms with E-state index in [0.29, 0.717) is 12.8 Å². The van der Waals surface area contributed by atoms with Gasteiger partial charge < -0.3 is 15.3 Å². The topological polar surface area (TPSA) is 60.7 Å². The van der Waals surface area contributed by atoms with E-state index in [1.807, 2.05) is 0 Å². The van der Waals surface area contributed by atoms with Crippen LogP contribution in [0.25, 0.3) is 0 Å². The van der Waals surface area contributed by atoms with Crippen molar-refractivity contribution in [3.63, 3.8) is 0 Å². The van der Waals surface area contributed by atoms with Gasteiger partial charge in [-0.2, -0.15) is 0 Å². The first-order chi connectivity index (χ1) is 8.09. The third kappa shape index (κ3) is 2.02. The molecular weight excluding hydrogens is 228 g/mol. The van der Waals surface area contributed by atoms with Gasteiger partial charge in [0.1, 0.15) is 0 Å². The molecule has 2 rings (SSSR count). The van der Waals surface area contributed by atoms with Crippen LogP contribution in [0.5, 0.6) is 0 Å². The highest BCUT2D eigenvalue weighted by atomic mass is 16.4. The Morgan fingerprint density at radius 3 is 2.44 bits per heavy atom. The average molecular weight is 254 g/mol. The molecule has 2 fully saturated rings. The summed E-state index contributed by atoms with van der Waals surface area (Å²) in [4.78, 5) is 0. The SMILES string of the molecule is C=C1[C@@H](O)CC[C@]2(C)CC[C@@](O)(C(C)(C)O)C[C@@H]12. The van der Waals surface area contributed by atoms with Crippen molar-refractivity contribution in [2.45, 2.75) is 70.2 Å². The van der Waals surface area contributed by atoms with Crippen molar-refractivity contribution < 1.29 is 15.3 Å². The van der Waals surface area contributed by atoms with Gasteiger partial charge >= 0.3 is 0 Å². The minimum atomic E-state index is -1.11. The van der Waals surface area contributed by atoms with Gasteiger partial charge in [0, 0.05) is 0 Å². The predicted molar refractivity (Wildman–Crippen MR) is 71.1 cm³/mol. The summed E-state index contributed by atoms with van der Waals surface area (Å²) in [6, 6.07) is 0. The first kappa shape index (κ1) is 14.0. The van der Waals surface area contributed by atoms with E-state index in [1.165, 1.54) is 0 Å². The lowest BCUT2D eigenvalue weighted by Crippen LogP contribution is -2.57. The maximum absolute atomic E-state index is 10.7. The molecule has 2 aliphatic rings. The quantitative estimate of drug-likeness (QED) is 0.627. The van der Waals surface area contributed by atoms with Gasteiger partial charge in [-0.1, -0.05) is 13.5 Å². The van der Waals surface area contributed by atoms with Crippen LogP contribution in [0, 0.1) is 11.3 Å². The van der Waals surface area contributed by atoms with Gasteiger partial charge in [-0.25, -0.2) is 0 Å². The van der Waals surface area contributed by atoms with Crippen LogP contribution in [-0.2, 0) is 0 Å². The molecule has 0 aliphatic heterocycles. The Bertz CT molecular complexity index is 357. The summed E-state index contributed by atoms with van der Waals surface area (Å²) in [7, 11) is 0. The maximum atomic E-state index is 10.7. The molecule has 0 heterocycles. The Morgan fingerprint density at radius 2 is 1.89 bits per heavy atom. The molecule has 0 radical (unpaired) electrons. The van der Waals surface area contributed by atoms with Crippen molar-refractivity contribution in [3.8, 4) is 0 Å². The molecule has 18 heavy (non-hydrogen) atoms. The Hall–Kier alpha value is -0.380. The summed E-state index contributed by atoms with van der Waals surface area (Å²) in [6.45, 7) is 9.58. The number of aliphatic hydroxyl groups excluding tert-OH is 1. The molecule has 3 heteroatoms. The van der Waals surface area contributed by atoms with Gasteiger partial charge in [0.05, 0.1) is 17.3 Å². The normalized spacial score (nSPS) is 45.8. The van der Waals surface area contributed by atoms with Crippen LogP contribution in [0.15, 0.2) is 12.2 Å². The molecule has 0 aromatic rings. The molecule has 0 amide bonds. The first-order valence-corrected chi connectivity index (χ1v) is 6.91. The number of hydrogen-bond acceptors (Lipinski definition) is 3. The van der Waals surface area contributed by atoms with Gasteiger partial charge in [0.15, 0.2) is 0 Å². The van der Waals surface area contributed by atoms with Gasteiger partial charge in [-0.3, -0.25) is 0 Å². The van der Waals surface area contributed by atoms with Crippen LogP contribution in [0.4, 0.5) is 0 Å². The second-order valence-electron chi connectivity index (χ2n) is 7.13. The zero-order chi connectivity index (χ0) is 13.8. The lowest BCUT2D eigenvalue weighted by molar-refractivity contribution is -0.177. The summed E-state index contributed by atoms with van der Waals surface area (Å²) in [5.74, 6) is 0.103. The third-order valence-electron chi connectivity index (χ3n) is 5.50. The first-order valence-electron chi connectivity index (χ1n) is 6.91. The fourth-order valence-corrected chi connectivity index (χ4v) is 3.67. The summed E-state index contributed by atoms with van der Waals surface area (Å²) in [6.07, 6.45) is 3.29. The van der Waals surface area contributed by atoms with Crippen molar-refractivity contribution in [1.29, 1.82) is 0 Å². The van der Waals surface area contributed by atoms with Gasteiger partial charge in [0.2, 0.25) is 0 Å². The molecule has 2 saturated carbocycles. The highest BCUT2D eigenvalue weighted by Crippen LogP contribution is 2.56. The molecule has 104 valence electrons. The van der Waals surface area contributed by atoms with Crippen molar-refractivity contribution in [3.05, 3.63) is 12.2 Å². The molecule has 0 unspecified atom stereocenters. The monoisotopic (exact) mass is 254 g/mol. The Labute approximate surface area is 110 Å². The average Bonchev–Trinajstić information content (AvgIpc) is 2.26. The third-order valence-corrected chi connectivity index (χ3v) is 5.50. The standard InChI is InChI=1S/C15H26O3/c1-10-11-9-15(18,13(2,3)17)8-7-14(11,4)6-5-12(10)16/h11-12,16-18H,1,5-9H2,2-4H3/t11-,12-,14+,15-/m0/s1. The summed E-state index contributed by atoms with van der Waals surface area (Å²) < 4.78 is 0. The minimum Gasteiger partial charge on any atom is -0.389 e. The number of rotatable bonds is 1. The van der Waals surface area contributed by atoms with Crippen LogP contribution in [0.1, 0.15) is 52.9 Å². The van der Waals surface area contributed by atoms with Crippen molar-refractivity contribution >= 4 is 0 Å². The Morgan fingerprint density at radius 1 is 1.28 bits per heavy atom. The van der Waals surface area contributed by atoms with E-state index >= 15 is 0 Å². The van der Waals surface area contributed by atoms with E-state index < -0.39 is 17.3 Å². The van der Waals surface area contributed by atoms with E-state index in [2.05, 4.69) is 13.5 Å². The van der Waals surface area contributed by atoms with E-state index in [9.17, 15) is 15.3 Å². The zero-order valence-electron chi connectivity index (χ0n) is 11.7. The van der Waals surface area contributed by atoms with Crippen LogP contribution in [0.3, 0.4) is 0 Å². The summed E-state index contributed by atoms with van der Waals surface area (Å²) in [5.41, 5.74) is -1.23. The molecule has 3 N–H and O–H groups in total. The van der Waals surface area contributed by atoms with Crippen LogP contribution < -0.4 is 0 Å². The molecule has 4 atom stereocenters. The molecule has 0 saturated heterocycles. The van der Waals surface area contributed by atoms with Crippen molar-refractivity contribution in [1.82, 2.24) is 0 Å². The molecule has 0 spiro atoms. The van der Waals surface area contributed by atoms with Gasteiger partial charge in [0.25, 0.3) is 0 Å². The Kier molecular flexibility index (Phi) is 3.16. The smallest absolute Gasteiger partial charge is 0.0934 e. The number of fused-ring (bicyclic) bond motifs is 1. The highest BCUT2D eigenvalue weighted by Gasteiger charge is 2.54. The van der Waals surface area contributed by atoms with Gasteiger partial charge in [-0.05, 0) is 62.9 Å². The second-order valence-corrected chi connectivity index (χ2v) is 7.13. The molecule has 0 bridgehead atoms. The van der Waals surface area contributed by atoms with E-state index in [-0.39, 0.29) is 11.3 Å². The summed E-state index contributed by atoms with van der Waals surface area (Å²) >= 11 is 0. The lowest BCUT2D eigenvalue weighted by atomic mass is 9.53. The van der Waals surface area contributed by atoms with Crippen LogP contribution >= 0.6 is 0 Å². The number of hydrogen-bond donors (Lipinski definition) is 3. The minimum absolute atomic E-state index is 0.103. The summed E-state index contributed by atoms with van der Waals surface area (Å²) in [5, 5.41) is 30.8. The molecular formula is C15H26O3. The van der Waals surface area contributed by atoms with Crippen LogP contribution in [-0.4, -0.2) is 32.6 Å². The van der Waals surface area contributed by atoms with Crippen LogP contribution in [0.2, 0.25) is 0 Å². The highest BCUT2D eigenvalue weighted by molar-refractivity contribution is 5.20. The molecule has 0 aromatic carbocycles. The van der Waals surface area contributed by atoms with Gasteiger partial charge in [-0.15, -0.1) is 0 Å². The maximum Gasteiger partial charge on any atom is 0.0934 e. The van der Waals surface area contributed by atoms with Crippen molar-refractivity contribution in [2.75, 3.05) is 0 Å². The largest absolute Gasteiger partial charge is 0.389 e. The predicted octanol–water partition coefficient (Wildman–Crippen LogP) is 2.01. The zero-order valence-corrected chi connectivity index (χ0v) is 11.7. The van der Waals surface area contributed by atoms with Crippen molar-refractivity contribution in [2.24, 2.45) is 11.3 Å². The van der Waals surface area contributed by atoms with E-state index in [0.717, 1.165) is 24.8 Å². The Balaban J connectivity index is 2.28. The fraction of sp³-hybridized carbons (Fsp3) is 0.867. The number of aliphatic hydroxyl groups is 3. The lowest BCUT2D eigenvalue weighted by Gasteiger charge is -2.55. The molecule has 0 aromatic heterocycles. The molecule has 2 aliphatic carbocycles. The van der Waals surface area contributed by atoms with E-state index in [1.54, 1.807) is 13.8 Å². The second kappa shape index (κ2) is 4.06. The molecule has 3 nitrogen and oxygen atoms in total.